The number of halogens is 2. The number of aryl methyl sites for hydroxylation is 1. The molecule has 0 saturated heterocycles. The average molecular weight is 286 g/mol. The van der Waals surface area contributed by atoms with Crippen LogP contribution >= 0.6 is 15.9 Å². The fourth-order valence-corrected chi connectivity index (χ4v) is 2.57. The SMILES string of the molecule is NC(CCCc1cc(F)cc(Br)c1)C1CC1. The molecule has 1 aromatic carbocycles. The van der Waals surface area contributed by atoms with Crippen molar-refractivity contribution in [2.24, 2.45) is 11.7 Å². The monoisotopic (exact) mass is 285 g/mol. The van der Waals surface area contributed by atoms with Crippen LogP contribution in [0.4, 0.5) is 4.39 Å². The molecule has 2 N–H and O–H groups in total. The number of hydrogen-bond donors (Lipinski definition) is 1. The minimum Gasteiger partial charge on any atom is -0.327 e. The molecule has 0 heterocycles. The first-order chi connectivity index (χ1) is 7.65. The van der Waals surface area contributed by atoms with Crippen LogP contribution in [0.25, 0.3) is 0 Å². The molecule has 0 amide bonds. The molecule has 1 aliphatic carbocycles. The van der Waals surface area contributed by atoms with Gasteiger partial charge in [0.15, 0.2) is 0 Å². The van der Waals surface area contributed by atoms with E-state index in [1.807, 2.05) is 6.07 Å². The molecule has 3 heteroatoms. The predicted octanol–water partition coefficient (Wildman–Crippen LogP) is 3.65. The number of nitrogens with two attached hydrogens (primary N) is 1. The molecular weight excluding hydrogens is 269 g/mol. The second-order valence-electron chi connectivity index (χ2n) is 4.67. The van der Waals surface area contributed by atoms with E-state index in [4.69, 9.17) is 5.73 Å². The number of benzene rings is 1. The molecule has 0 spiro atoms. The molecule has 16 heavy (non-hydrogen) atoms. The smallest absolute Gasteiger partial charge is 0.124 e. The van der Waals surface area contributed by atoms with Gasteiger partial charge >= 0.3 is 0 Å². The Hall–Kier alpha value is -0.410. The molecule has 1 nitrogen and oxygen atoms in total. The molecular formula is C13H17BrFN. The van der Waals surface area contributed by atoms with Gasteiger partial charge in [-0.3, -0.25) is 0 Å². The van der Waals surface area contributed by atoms with Crippen molar-refractivity contribution in [3.63, 3.8) is 0 Å². The summed E-state index contributed by atoms with van der Waals surface area (Å²) in [5, 5.41) is 0. The largest absolute Gasteiger partial charge is 0.327 e. The first kappa shape index (κ1) is 12.1. The zero-order valence-corrected chi connectivity index (χ0v) is 10.8. The van der Waals surface area contributed by atoms with Crippen LogP contribution < -0.4 is 5.73 Å². The summed E-state index contributed by atoms with van der Waals surface area (Å²) >= 11 is 3.30. The van der Waals surface area contributed by atoms with Gasteiger partial charge in [0.25, 0.3) is 0 Å². The highest BCUT2D eigenvalue weighted by Gasteiger charge is 2.27. The highest BCUT2D eigenvalue weighted by atomic mass is 79.9. The zero-order chi connectivity index (χ0) is 11.5. The van der Waals surface area contributed by atoms with Crippen LogP contribution in [0.2, 0.25) is 0 Å². The Balaban J connectivity index is 1.79. The lowest BCUT2D eigenvalue weighted by molar-refractivity contribution is 0.528. The fourth-order valence-electron chi connectivity index (χ4n) is 2.06. The van der Waals surface area contributed by atoms with Crippen molar-refractivity contribution in [3.05, 3.63) is 34.1 Å². The van der Waals surface area contributed by atoms with Gasteiger partial charge in [0, 0.05) is 10.5 Å². The molecule has 1 fully saturated rings. The quantitative estimate of drug-likeness (QED) is 0.878. The fraction of sp³-hybridized carbons (Fsp3) is 0.538. The third kappa shape index (κ3) is 3.56. The molecule has 0 aliphatic heterocycles. The Morgan fingerprint density at radius 2 is 2.12 bits per heavy atom. The minimum atomic E-state index is -0.170. The molecule has 0 aromatic heterocycles. The van der Waals surface area contributed by atoms with Gasteiger partial charge in [-0.2, -0.15) is 0 Å². The highest BCUT2D eigenvalue weighted by molar-refractivity contribution is 9.10. The standard InChI is InChI=1S/C13H17BrFN/c14-11-6-9(7-12(15)8-11)2-1-3-13(16)10-4-5-10/h6-8,10,13H,1-5,16H2. The maximum atomic E-state index is 13.1. The maximum absolute atomic E-state index is 13.1. The zero-order valence-electron chi connectivity index (χ0n) is 9.26. The molecule has 1 aromatic rings. The van der Waals surface area contributed by atoms with Crippen molar-refractivity contribution < 1.29 is 4.39 Å². The predicted molar refractivity (Wildman–Crippen MR) is 67.7 cm³/mol. The summed E-state index contributed by atoms with van der Waals surface area (Å²) in [6, 6.07) is 5.43. The molecule has 2 rings (SSSR count). The van der Waals surface area contributed by atoms with Crippen LogP contribution in [0.5, 0.6) is 0 Å². The highest BCUT2D eigenvalue weighted by Crippen LogP contribution is 2.33. The average Bonchev–Trinajstić information content (AvgIpc) is 2.98. The van der Waals surface area contributed by atoms with E-state index >= 15 is 0 Å². The van der Waals surface area contributed by atoms with Crippen LogP contribution in [0, 0.1) is 11.7 Å². The van der Waals surface area contributed by atoms with Crippen molar-refractivity contribution in [3.8, 4) is 0 Å². The normalized spacial score (nSPS) is 17.4. The lowest BCUT2D eigenvalue weighted by Gasteiger charge is -2.09. The van der Waals surface area contributed by atoms with Gasteiger partial charge in [-0.25, -0.2) is 4.39 Å². The van der Waals surface area contributed by atoms with E-state index in [1.165, 1.54) is 18.9 Å². The topological polar surface area (TPSA) is 26.0 Å². The van der Waals surface area contributed by atoms with Gasteiger partial charge in [0.2, 0.25) is 0 Å². The van der Waals surface area contributed by atoms with Gasteiger partial charge in [0.05, 0.1) is 0 Å². The molecule has 88 valence electrons. The van der Waals surface area contributed by atoms with Crippen LogP contribution in [-0.4, -0.2) is 6.04 Å². The van der Waals surface area contributed by atoms with Crippen LogP contribution in [-0.2, 0) is 6.42 Å². The minimum absolute atomic E-state index is 0.170. The van der Waals surface area contributed by atoms with E-state index in [-0.39, 0.29) is 5.82 Å². The molecule has 1 unspecified atom stereocenters. The summed E-state index contributed by atoms with van der Waals surface area (Å²) in [5.41, 5.74) is 7.07. The lowest BCUT2D eigenvalue weighted by atomic mass is 10.0. The van der Waals surface area contributed by atoms with Crippen molar-refractivity contribution in [2.45, 2.75) is 38.1 Å². The van der Waals surface area contributed by atoms with E-state index in [9.17, 15) is 4.39 Å². The van der Waals surface area contributed by atoms with Gasteiger partial charge in [-0.15, -0.1) is 0 Å². The molecule has 0 radical (unpaired) electrons. The Morgan fingerprint density at radius 3 is 2.75 bits per heavy atom. The van der Waals surface area contributed by atoms with E-state index in [0.717, 1.165) is 35.2 Å². The summed E-state index contributed by atoms with van der Waals surface area (Å²) in [6.07, 6.45) is 5.61. The van der Waals surface area contributed by atoms with E-state index in [0.29, 0.717) is 6.04 Å². The van der Waals surface area contributed by atoms with Crippen molar-refractivity contribution in [1.29, 1.82) is 0 Å². The molecule has 0 bridgehead atoms. The number of rotatable bonds is 5. The molecule has 1 aliphatic rings. The van der Waals surface area contributed by atoms with Gasteiger partial charge < -0.3 is 5.73 Å². The summed E-state index contributed by atoms with van der Waals surface area (Å²) in [4.78, 5) is 0. The van der Waals surface area contributed by atoms with Crippen molar-refractivity contribution in [1.82, 2.24) is 0 Å². The van der Waals surface area contributed by atoms with Crippen molar-refractivity contribution in [2.75, 3.05) is 0 Å². The van der Waals surface area contributed by atoms with Crippen LogP contribution in [0.3, 0.4) is 0 Å². The lowest BCUT2D eigenvalue weighted by Crippen LogP contribution is -2.22. The second kappa shape index (κ2) is 5.28. The third-order valence-corrected chi connectivity index (χ3v) is 3.61. The number of hydrogen-bond acceptors (Lipinski definition) is 1. The third-order valence-electron chi connectivity index (χ3n) is 3.15. The van der Waals surface area contributed by atoms with Crippen LogP contribution in [0.15, 0.2) is 22.7 Å². The first-order valence-electron chi connectivity index (χ1n) is 5.85. The summed E-state index contributed by atoms with van der Waals surface area (Å²) in [6.45, 7) is 0. The van der Waals surface area contributed by atoms with Crippen LogP contribution in [0.1, 0.15) is 31.2 Å². The van der Waals surface area contributed by atoms with Gasteiger partial charge in [-0.05, 0) is 61.8 Å². The Morgan fingerprint density at radius 1 is 1.38 bits per heavy atom. The Bertz CT molecular complexity index is 343. The summed E-state index contributed by atoms with van der Waals surface area (Å²) in [5.74, 6) is 0.593. The van der Waals surface area contributed by atoms with Gasteiger partial charge in [-0.1, -0.05) is 15.9 Å². The van der Waals surface area contributed by atoms with Gasteiger partial charge in [0.1, 0.15) is 5.82 Å². The van der Waals surface area contributed by atoms with E-state index < -0.39 is 0 Å². The second-order valence-corrected chi connectivity index (χ2v) is 5.59. The van der Waals surface area contributed by atoms with E-state index in [1.54, 1.807) is 6.07 Å². The Kier molecular flexibility index (Phi) is 3.98. The first-order valence-corrected chi connectivity index (χ1v) is 6.65. The Labute approximate surface area is 104 Å². The summed E-state index contributed by atoms with van der Waals surface area (Å²) in [7, 11) is 0. The molecule has 1 saturated carbocycles. The van der Waals surface area contributed by atoms with Crippen molar-refractivity contribution >= 4 is 15.9 Å². The van der Waals surface area contributed by atoms with E-state index in [2.05, 4.69) is 15.9 Å². The summed E-state index contributed by atoms with van der Waals surface area (Å²) < 4.78 is 13.9. The molecule has 1 atom stereocenters. The maximum Gasteiger partial charge on any atom is 0.124 e.